The van der Waals surface area contributed by atoms with Gasteiger partial charge >= 0.3 is 5.97 Å². The Morgan fingerprint density at radius 2 is 1.27 bits per heavy atom. The Morgan fingerprint density at radius 1 is 0.763 bits per heavy atom. The number of nitrogens with one attached hydrogen (secondary N) is 2. The van der Waals surface area contributed by atoms with Crippen molar-refractivity contribution < 1.29 is 53.2 Å². The molecule has 1 heterocycles. The third kappa shape index (κ3) is 26.3. The molecule has 1 fully saturated rings. The van der Waals surface area contributed by atoms with E-state index in [4.69, 9.17) is 14.2 Å². The molecule has 2 amide bonds. The van der Waals surface area contributed by atoms with E-state index in [-0.39, 0.29) is 12.2 Å². The fourth-order valence-electron chi connectivity index (χ4n) is 7.65. The van der Waals surface area contributed by atoms with Crippen LogP contribution >= 0.6 is 0 Å². The Bertz CT molecular complexity index is 1150. The van der Waals surface area contributed by atoms with Gasteiger partial charge in [0.1, 0.15) is 49.1 Å². The van der Waals surface area contributed by atoms with Gasteiger partial charge in [-0.2, -0.15) is 0 Å². The van der Waals surface area contributed by atoms with E-state index in [1.807, 2.05) is 0 Å². The topological polar surface area (TPSA) is 195 Å². The molecule has 1 saturated heterocycles. The first-order valence-electron chi connectivity index (χ1n) is 23.2. The van der Waals surface area contributed by atoms with Crippen LogP contribution in [0.25, 0.3) is 0 Å². The zero-order chi connectivity index (χ0) is 43.7. The zero-order valence-electron chi connectivity index (χ0n) is 37.1. The molecular formula is C46H81N2O11. The predicted octanol–water partition coefficient (Wildman–Crippen LogP) is 7.44. The lowest BCUT2D eigenvalue weighted by Crippen LogP contribution is -2.65. The van der Waals surface area contributed by atoms with Crippen molar-refractivity contribution in [3.8, 4) is 0 Å². The largest absolute Gasteiger partial charge is 0.463 e. The summed E-state index contributed by atoms with van der Waals surface area (Å²) in [6.45, 7) is 5.81. The average Bonchev–Trinajstić information content (AvgIpc) is 3.21. The van der Waals surface area contributed by atoms with E-state index in [2.05, 4.69) is 17.6 Å². The smallest absolute Gasteiger partial charge is 0.306 e. The number of ketones is 1. The van der Waals surface area contributed by atoms with Gasteiger partial charge in [-0.15, -0.1) is 0 Å². The standard InChI is InChI=1S/C46H81N2O11/c1-5-6-7-8-9-10-11-12-15-18-21-24-27-30-39(52)38(29-26-23-20-17-14-13-16-19-22-25-28-31-49)32-41(53)57-34-40-43(54)44(42(46(56)59-40)48-37(4)51)58-36(3)45(55)47-35(2)33-50/h31,35-36,38,40,42-44,46,54,56H,5-30,32,34H2,1-4H3,(H,47,55)(H,48,51)/t35-,36?,38+,40+,42+,43+,44-,46?/m0/s1. The molecule has 2 unspecified atom stereocenters. The molecule has 0 aliphatic carbocycles. The lowest BCUT2D eigenvalue weighted by Gasteiger charge is -2.43. The van der Waals surface area contributed by atoms with Crippen molar-refractivity contribution in [2.75, 3.05) is 6.61 Å². The van der Waals surface area contributed by atoms with E-state index in [1.165, 1.54) is 97.8 Å². The molecule has 0 aromatic heterocycles. The minimum absolute atomic E-state index is 0.0596. The number of aldehydes is 1. The molecule has 1 rings (SSSR count). The normalized spacial score (nSPS) is 20.6. The quantitative estimate of drug-likeness (QED) is 0.0274. The van der Waals surface area contributed by atoms with Gasteiger partial charge in [-0.3, -0.25) is 24.0 Å². The minimum Gasteiger partial charge on any atom is -0.463 e. The molecule has 59 heavy (non-hydrogen) atoms. The maximum atomic E-state index is 13.5. The molecule has 0 bridgehead atoms. The number of rotatable bonds is 38. The van der Waals surface area contributed by atoms with Gasteiger partial charge in [0.15, 0.2) is 6.29 Å². The fourth-order valence-corrected chi connectivity index (χ4v) is 7.65. The number of amides is 2. The van der Waals surface area contributed by atoms with Gasteiger partial charge in [-0.05, 0) is 33.1 Å². The first-order valence-corrected chi connectivity index (χ1v) is 23.2. The number of unbranched alkanes of at least 4 members (excludes halogenated alkanes) is 22. The number of hydrogen-bond donors (Lipinski definition) is 4. The number of aliphatic hydroxyl groups excluding tert-OH is 2. The van der Waals surface area contributed by atoms with Crippen molar-refractivity contribution in [1.29, 1.82) is 0 Å². The van der Waals surface area contributed by atoms with E-state index in [0.29, 0.717) is 19.3 Å². The molecule has 0 aromatic rings. The van der Waals surface area contributed by atoms with Gasteiger partial charge in [-0.25, -0.2) is 0 Å². The van der Waals surface area contributed by atoms with Crippen molar-refractivity contribution in [3.63, 3.8) is 0 Å². The van der Waals surface area contributed by atoms with Crippen LogP contribution < -0.4 is 10.6 Å². The van der Waals surface area contributed by atoms with Crippen molar-refractivity contribution in [2.24, 2.45) is 5.92 Å². The van der Waals surface area contributed by atoms with Gasteiger partial charge < -0.3 is 39.9 Å². The monoisotopic (exact) mass is 838 g/mol. The van der Waals surface area contributed by atoms with E-state index >= 15 is 0 Å². The van der Waals surface area contributed by atoms with E-state index in [0.717, 1.165) is 76.9 Å². The SMILES string of the molecule is CCCCCCCCCCCCCCCC(=O)[C@H](CCCCCCCCCCCCC=O)CC(=O)OC[C@H]1OC(O)[C@H](NC(C)=O)[C@H](OC(C)C(=O)N[C@@H](C)[C]=O)[C@@H]1O. The zero-order valence-corrected chi connectivity index (χ0v) is 37.1. The summed E-state index contributed by atoms with van der Waals surface area (Å²) >= 11 is 0. The molecule has 341 valence electrons. The molecule has 1 aliphatic rings. The number of esters is 1. The van der Waals surface area contributed by atoms with Gasteiger partial charge in [0, 0.05) is 25.7 Å². The van der Waals surface area contributed by atoms with Crippen LogP contribution in [0.1, 0.15) is 201 Å². The molecule has 8 atom stereocenters. The summed E-state index contributed by atoms with van der Waals surface area (Å²) in [4.78, 5) is 72.6. The third-order valence-electron chi connectivity index (χ3n) is 11.3. The Kier molecular flexibility index (Phi) is 32.1. The molecule has 4 N–H and O–H groups in total. The van der Waals surface area contributed by atoms with Crippen LogP contribution in [0.3, 0.4) is 0 Å². The molecule has 13 nitrogen and oxygen atoms in total. The van der Waals surface area contributed by atoms with Crippen molar-refractivity contribution in [2.45, 2.75) is 244 Å². The molecule has 0 spiro atoms. The first-order chi connectivity index (χ1) is 28.4. The molecule has 1 radical (unpaired) electrons. The second-order valence-corrected chi connectivity index (χ2v) is 16.7. The highest BCUT2D eigenvalue weighted by molar-refractivity contribution is 5.85. The van der Waals surface area contributed by atoms with Crippen LogP contribution in [0.4, 0.5) is 0 Å². The van der Waals surface area contributed by atoms with Gasteiger partial charge in [-0.1, -0.05) is 142 Å². The summed E-state index contributed by atoms with van der Waals surface area (Å²) < 4.78 is 16.9. The molecule has 1 aliphatic heterocycles. The summed E-state index contributed by atoms with van der Waals surface area (Å²) in [5, 5.41) is 26.9. The van der Waals surface area contributed by atoms with Gasteiger partial charge in [0.2, 0.25) is 18.1 Å². The number of ether oxygens (including phenoxy) is 3. The van der Waals surface area contributed by atoms with Crippen LogP contribution in [0.15, 0.2) is 0 Å². The molecule has 0 aromatic carbocycles. The number of hydrogen-bond acceptors (Lipinski definition) is 11. The Morgan fingerprint density at radius 3 is 1.78 bits per heavy atom. The Labute approximate surface area is 355 Å². The highest BCUT2D eigenvalue weighted by Crippen LogP contribution is 2.26. The van der Waals surface area contributed by atoms with Gasteiger partial charge in [0.25, 0.3) is 0 Å². The van der Waals surface area contributed by atoms with E-state index in [1.54, 1.807) is 6.29 Å². The lowest BCUT2D eigenvalue weighted by atomic mass is 9.90. The number of carbonyl (C=O) groups is 5. The molecule has 13 heteroatoms. The van der Waals surface area contributed by atoms with E-state index in [9.17, 15) is 39.0 Å². The summed E-state index contributed by atoms with van der Waals surface area (Å²) in [7, 11) is 0. The second kappa shape index (κ2) is 34.9. The maximum Gasteiger partial charge on any atom is 0.306 e. The highest BCUT2D eigenvalue weighted by atomic mass is 16.6. The van der Waals surface area contributed by atoms with Crippen molar-refractivity contribution in [1.82, 2.24) is 10.6 Å². The Hall–Kier alpha value is -2.74. The first kappa shape index (κ1) is 54.3. The number of carbonyl (C=O) groups excluding carboxylic acids is 6. The molecule has 0 saturated carbocycles. The second-order valence-electron chi connectivity index (χ2n) is 16.7. The number of aliphatic hydroxyl groups is 2. The molecular weight excluding hydrogens is 757 g/mol. The van der Waals surface area contributed by atoms with E-state index < -0.39 is 73.1 Å². The Balaban J connectivity index is 2.71. The lowest BCUT2D eigenvalue weighted by molar-refractivity contribution is -0.267. The number of Topliss-reactive ketones (excluding diaryl/α,β-unsaturated/α-hetero) is 1. The summed E-state index contributed by atoms with van der Waals surface area (Å²) in [5.41, 5.74) is 0. The van der Waals surface area contributed by atoms with Crippen LogP contribution in [-0.4, -0.2) is 95.7 Å². The maximum absolute atomic E-state index is 13.5. The van der Waals surface area contributed by atoms with Crippen molar-refractivity contribution >= 4 is 36.1 Å². The summed E-state index contributed by atoms with van der Waals surface area (Å²) in [5.74, 6) is -2.27. The van der Waals surface area contributed by atoms with Gasteiger partial charge in [0.05, 0.1) is 12.5 Å². The summed E-state index contributed by atoms with van der Waals surface area (Å²) in [6, 6.07) is -2.17. The third-order valence-corrected chi connectivity index (χ3v) is 11.3. The average molecular weight is 838 g/mol. The van der Waals surface area contributed by atoms with Crippen molar-refractivity contribution in [3.05, 3.63) is 0 Å². The van der Waals surface area contributed by atoms with Crippen LogP contribution in [-0.2, 0) is 43.0 Å². The highest BCUT2D eigenvalue weighted by Gasteiger charge is 2.47. The van der Waals surface area contributed by atoms with Crippen LogP contribution in [0.2, 0.25) is 0 Å². The van der Waals surface area contributed by atoms with Crippen LogP contribution in [0.5, 0.6) is 0 Å². The van der Waals surface area contributed by atoms with Crippen LogP contribution in [0, 0.1) is 5.92 Å². The predicted molar refractivity (Wildman–Crippen MR) is 228 cm³/mol. The minimum atomic E-state index is -1.67. The fraction of sp³-hybridized carbons (Fsp3) is 0.870. The summed E-state index contributed by atoms with van der Waals surface area (Å²) in [6.07, 6.45) is 23.6.